The Bertz CT molecular complexity index is 686. The SMILES string of the molecule is Cc1ccc(CS(=O)(=O)NCC(C(=O)O)C2CCOCC2)cc1F. The number of hydrogen-bond donors (Lipinski definition) is 2. The number of nitrogens with one attached hydrogen (secondary N) is 1. The van der Waals surface area contributed by atoms with E-state index in [1.807, 2.05) is 0 Å². The van der Waals surface area contributed by atoms with Crippen LogP contribution in [0.25, 0.3) is 0 Å². The molecular weight excluding hydrogens is 337 g/mol. The molecule has 0 radical (unpaired) electrons. The van der Waals surface area contributed by atoms with E-state index >= 15 is 0 Å². The summed E-state index contributed by atoms with van der Waals surface area (Å²) in [6, 6.07) is 4.24. The molecule has 0 saturated carbocycles. The molecule has 2 rings (SSSR count). The molecule has 1 fully saturated rings. The van der Waals surface area contributed by atoms with E-state index in [2.05, 4.69) is 4.72 Å². The number of rotatable bonds is 7. The van der Waals surface area contributed by atoms with Gasteiger partial charge in [0.25, 0.3) is 0 Å². The number of carbonyl (C=O) groups is 1. The molecule has 1 aliphatic heterocycles. The van der Waals surface area contributed by atoms with Gasteiger partial charge in [-0.05, 0) is 42.9 Å². The van der Waals surface area contributed by atoms with Crippen molar-refractivity contribution in [2.75, 3.05) is 19.8 Å². The molecule has 1 heterocycles. The summed E-state index contributed by atoms with van der Waals surface area (Å²) in [7, 11) is -3.74. The third kappa shape index (κ3) is 5.25. The van der Waals surface area contributed by atoms with Crippen LogP contribution in [0.2, 0.25) is 0 Å². The average molecular weight is 359 g/mol. The number of aryl methyl sites for hydroxylation is 1. The van der Waals surface area contributed by atoms with Crippen LogP contribution in [-0.2, 0) is 25.3 Å². The number of carboxylic acid groups (broad SMARTS) is 1. The summed E-state index contributed by atoms with van der Waals surface area (Å²) in [6.45, 7) is 2.40. The van der Waals surface area contributed by atoms with E-state index in [0.29, 0.717) is 37.2 Å². The maximum absolute atomic E-state index is 13.5. The van der Waals surface area contributed by atoms with Crippen molar-refractivity contribution in [2.24, 2.45) is 11.8 Å². The van der Waals surface area contributed by atoms with Crippen LogP contribution in [0, 0.1) is 24.6 Å². The van der Waals surface area contributed by atoms with E-state index in [1.54, 1.807) is 13.0 Å². The van der Waals surface area contributed by atoms with E-state index in [9.17, 15) is 22.7 Å². The first-order valence-electron chi connectivity index (χ1n) is 7.81. The van der Waals surface area contributed by atoms with Crippen LogP contribution in [0.3, 0.4) is 0 Å². The molecule has 0 aliphatic carbocycles. The van der Waals surface area contributed by atoms with Crippen molar-refractivity contribution >= 4 is 16.0 Å². The van der Waals surface area contributed by atoms with Crippen LogP contribution in [0.4, 0.5) is 4.39 Å². The van der Waals surface area contributed by atoms with E-state index in [1.165, 1.54) is 12.1 Å². The molecule has 8 heteroatoms. The van der Waals surface area contributed by atoms with Gasteiger partial charge in [-0.15, -0.1) is 0 Å². The molecule has 1 aromatic carbocycles. The van der Waals surface area contributed by atoms with E-state index in [-0.39, 0.29) is 18.2 Å². The first-order chi connectivity index (χ1) is 11.3. The topological polar surface area (TPSA) is 92.7 Å². The highest BCUT2D eigenvalue weighted by Gasteiger charge is 2.30. The van der Waals surface area contributed by atoms with Gasteiger partial charge >= 0.3 is 5.97 Å². The van der Waals surface area contributed by atoms with Crippen LogP contribution >= 0.6 is 0 Å². The third-order valence-corrected chi connectivity index (χ3v) is 5.59. The summed E-state index contributed by atoms with van der Waals surface area (Å²) in [4.78, 5) is 11.4. The van der Waals surface area contributed by atoms with Gasteiger partial charge in [0, 0.05) is 19.8 Å². The molecule has 134 valence electrons. The predicted octanol–water partition coefficient (Wildman–Crippen LogP) is 1.68. The van der Waals surface area contributed by atoms with Gasteiger partial charge in [0.05, 0.1) is 11.7 Å². The Labute approximate surface area is 141 Å². The standard InChI is InChI=1S/C16H22FNO5S/c1-11-2-3-12(8-15(11)17)10-24(21,22)18-9-14(16(19)20)13-4-6-23-7-5-13/h2-3,8,13-14,18H,4-7,9-10H2,1H3,(H,19,20). The Hall–Kier alpha value is -1.51. The largest absolute Gasteiger partial charge is 0.481 e. The monoisotopic (exact) mass is 359 g/mol. The lowest BCUT2D eigenvalue weighted by molar-refractivity contribution is -0.144. The van der Waals surface area contributed by atoms with Crippen LogP contribution in [0.5, 0.6) is 0 Å². The molecule has 2 N–H and O–H groups in total. The van der Waals surface area contributed by atoms with Gasteiger partial charge in [-0.25, -0.2) is 17.5 Å². The second kappa shape index (κ2) is 8.04. The van der Waals surface area contributed by atoms with Gasteiger partial charge in [0.15, 0.2) is 0 Å². The summed E-state index contributed by atoms with van der Waals surface area (Å²) in [5.41, 5.74) is 0.762. The van der Waals surface area contributed by atoms with Crippen molar-refractivity contribution in [1.82, 2.24) is 4.72 Å². The number of aliphatic carboxylic acids is 1. The minimum Gasteiger partial charge on any atom is -0.481 e. The summed E-state index contributed by atoms with van der Waals surface area (Å²) >= 11 is 0. The minimum absolute atomic E-state index is 0.115. The molecule has 1 aliphatic rings. The summed E-state index contributed by atoms with van der Waals surface area (Å²) in [5, 5.41) is 9.35. The average Bonchev–Trinajstić information content (AvgIpc) is 2.51. The number of halogens is 1. The van der Waals surface area contributed by atoms with Crippen molar-refractivity contribution in [3.8, 4) is 0 Å². The lowest BCUT2D eigenvalue weighted by Crippen LogP contribution is -2.39. The Morgan fingerprint density at radius 1 is 1.42 bits per heavy atom. The highest BCUT2D eigenvalue weighted by Crippen LogP contribution is 2.24. The molecule has 1 unspecified atom stereocenters. The number of benzene rings is 1. The molecule has 0 aromatic heterocycles. The lowest BCUT2D eigenvalue weighted by atomic mass is 9.86. The highest BCUT2D eigenvalue weighted by atomic mass is 32.2. The molecule has 6 nitrogen and oxygen atoms in total. The number of carboxylic acids is 1. The predicted molar refractivity (Wildman–Crippen MR) is 86.4 cm³/mol. The maximum atomic E-state index is 13.5. The zero-order chi connectivity index (χ0) is 17.7. The zero-order valence-corrected chi connectivity index (χ0v) is 14.3. The number of ether oxygens (including phenoxy) is 1. The highest BCUT2D eigenvalue weighted by molar-refractivity contribution is 7.88. The quantitative estimate of drug-likeness (QED) is 0.773. The van der Waals surface area contributed by atoms with Gasteiger partial charge in [-0.3, -0.25) is 4.79 Å². The van der Waals surface area contributed by atoms with Crippen molar-refractivity contribution < 1.29 is 27.4 Å². The Kier molecular flexibility index (Phi) is 6.31. The van der Waals surface area contributed by atoms with Crippen molar-refractivity contribution in [3.63, 3.8) is 0 Å². The second-order valence-corrected chi connectivity index (χ2v) is 7.89. The van der Waals surface area contributed by atoms with Gasteiger partial charge in [0.1, 0.15) is 5.82 Å². The molecule has 1 atom stereocenters. The summed E-state index contributed by atoms with van der Waals surface area (Å²) in [5.74, 6) is -2.78. The Morgan fingerprint density at radius 2 is 2.08 bits per heavy atom. The fourth-order valence-corrected chi connectivity index (χ4v) is 3.94. The van der Waals surface area contributed by atoms with Crippen molar-refractivity contribution in [1.29, 1.82) is 0 Å². The van der Waals surface area contributed by atoms with Crippen LogP contribution in [-0.4, -0.2) is 39.3 Å². The third-order valence-electron chi connectivity index (χ3n) is 4.27. The molecule has 0 spiro atoms. The Morgan fingerprint density at radius 3 is 2.67 bits per heavy atom. The van der Waals surface area contributed by atoms with Gasteiger partial charge < -0.3 is 9.84 Å². The summed E-state index contributed by atoms with van der Waals surface area (Å²) < 4.78 is 45.4. The van der Waals surface area contributed by atoms with Crippen molar-refractivity contribution in [3.05, 3.63) is 35.1 Å². The minimum atomic E-state index is -3.74. The molecule has 0 bridgehead atoms. The molecule has 24 heavy (non-hydrogen) atoms. The van der Waals surface area contributed by atoms with Crippen LogP contribution < -0.4 is 4.72 Å². The zero-order valence-electron chi connectivity index (χ0n) is 13.5. The van der Waals surface area contributed by atoms with Crippen LogP contribution in [0.1, 0.15) is 24.0 Å². The smallest absolute Gasteiger partial charge is 0.308 e. The fraction of sp³-hybridized carbons (Fsp3) is 0.562. The number of hydrogen-bond acceptors (Lipinski definition) is 4. The lowest BCUT2D eigenvalue weighted by Gasteiger charge is -2.27. The molecular formula is C16H22FNO5S. The first kappa shape index (κ1) is 18.8. The Balaban J connectivity index is 1.99. The molecule has 1 aromatic rings. The summed E-state index contributed by atoms with van der Waals surface area (Å²) in [6.07, 6.45) is 1.20. The molecule has 1 saturated heterocycles. The van der Waals surface area contributed by atoms with Gasteiger partial charge in [0.2, 0.25) is 10.0 Å². The van der Waals surface area contributed by atoms with Crippen molar-refractivity contribution in [2.45, 2.75) is 25.5 Å². The van der Waals surface area contributed by atoms with Gasteiger partial charge in [-0.2, -0.15) is 0 Å². The second-order valence-electron chi connectivity index (χ2n) is 6.09. The maximum Gasteiger partial charge on any atom is 0.308 e. The number of sulfonamides is 1. The normalized spacial score (nSPS) is 17.6. The van der Waals surface area contributed by atoms with E-state index in [0.717, 1.165) is 0 Å². The van der Waals surface area contributed by atoms with Gasteiger partial charge in [-0.1, -0.05) is 12.1 Å². The van der Waals surface area contributed by atoms with Crippen LogP contribution in [0.15, 0.2) is 18.2 Å². The molecule has 0 amide bonds. The fourth-order valence-electron chi connectivity index (χ4n) is 2.79. The van der Waals surface area contributed by atoms with E-state index < -0.39 is 27.7 Å². The first-order valence-corrected chi connectivity index (χ1v) is 9.46. The van der Waals surface area contributed by atoms with E-state index in [4.69, 9.17) is 4.74 Å².